The molecule has 0 bridgehead atoms. The Bertz CT molecular complexity index is 714. The van der Waals surface area contributed by atoms with E-state index in [2.05, 4.69) is 0 Å². The van der Waals surface area contributed by atoms with Gasteiger partial charge in [-0.3, -0.25) is 9.59 Å². The zero-order chi connectivity index (χ0) is 17.9. The standard InChI is InChI=1S/C15H20N2O6S/c1-16(2)24(21,22)13-5-3-11(4-6-13)15(20)17-7-8-23-10-12(17)9-14(18)19/h3-6,12H,7-10H2,1-2H3,(H,18,19). The molecule has 1 N–H and O–H groups in total. The largest absolute Gasteiger partial charge is 0.481 e. The molecule has 1 aromatic carbocycles. The van der Waals surface area contributed by atoms with Crippen LogP contribution in [-0.2, 0) is 19.6 Å². The summed E-state index contributed by atoms with van der Waals surface area (Å²) in [6.07, 6.45) is -0.196. The van der Waals surface area contributed by atoms with Crippen LogP contribution in [0.3, 0.4) is 0 Å². The van der Waals surface area contributed by atoms with Crippen molar-refractivity contribution in [2.75, 3.05) is 33.9 Å². The second-order valence-electron chi connectivity index (χ2n) is 5.64. The molecule has 1 heterocycles. The summed E-state index contributed by atoms with van der Waals surface area (Å²) in [7, 11) is -0.702. The van der Waals surface area contributed by atoms with Gasteiger partial charge in [0.05, 0.1) is 30.6 Å². The average Bonchev–Trinajstić information content (AvgIpc) is 2.54. The van der Waals surface area contributed by atoms with E-state index in [0.29, 0.717) is 18.7 Å². The molecule has 0 aromatic heterocycles. The predicted molar refractivity (Wildman–Crippen MR) is 85.2 cm³/mol. The van der Waals surface area contributed by atoms with E-state index >= 15 is 0 Å². The van der Waals surface area contributed by atoms with Crippen LogP contribution in [0.15, 0.2) is 29.2 Å². The molecular formula is C15H20N2O6S. The maximum atomic E-state index is 12.6. The van der Waals surface area contributed by atoms with Crippen LogP contribution in [0.25, 0.3) is 0 Å². The van der Waals surface area contributed by atoms with Crippen molar-refractivity contribution in [3.8, 4) is 0 Å². The Labute approximate surface area is 140 Å². The molecule has 1 aromatic rings. The van der Waals surface area contributed by atoms with Gasteiger partial charge in [-0.25, -0.2) is 12.7 Å². The zero-order valence-corrected chi connectivity index (χ0v) is 14.3. The van der Waals surface area contributed by atoms with Crippen molar-refractivity contribution in [3.05, 3.63) is 29.8 Å². The maximum Gasteiger partial charge on any atom is 0.305 e. The second kappa shape index (κ2) is 7.29. The van der Waals surface area contributed by atoms with Gasteiger partial charge < -0.3 is 14.7 Å². The van der Waals surface area contributed by atoms with E-state index in [-0.39, 0.29) is 23.8 Å². The van der Waals surface area contributed by atoms with E-state index in [9.17, 15) is 18.0 Å². The van der Waals surface area contributed by atoms with E-state index in [1.54, 1.807) is 0 Å². The minimum atomic E-state index is -3.56. The zero-order valence-electron chi connectivity index (χ0n) is 13.5. The fourth-order valence-electron chi connectivity index (χ4n) is 2.44. The Morgan fingerprint density at radius 1 is 1.29 bits per heavy atom. The number of benzene rings is 1. The lowest BCUT2D eigenvalue weighted by atomic mass is 10.1. The number of nitrogens with zero attached hydrogens (tertiary/aromatic N) is 2. The van der Waals surface area contributed by atoms with Gasteiger partial charge in [0.25, 0.3) is 5.91 Å². The molecule has 0 radical (unpaired) electrons. The number of carboxylic acids is 1. The van der Waals surface area contributed by atoms with Crippen LogP contribution in [0.1, 0.15) is 16.8 Å². The number of sulfonamides is 1. The number of amides is 1. The van der Waals surface area contributed by atoms with E-state index in [1.807, 2.05) is 0 Å². The molecule has 8 nitrogen and oxygen atoms in total. The first-order valence-corrected chi connectivity index (χ1v) is 8.80. The number of hydrogen-bond donors (Lipinski definition) is 1. The average molecular weight is 356 g/mol. The summed E-state index contributed by atoms with van der Waals surface area (Å²) in [4.78, 5) is 25.1. The highest BCUT2D eigenvalue weighted by atomic mass is 32.2. The molecule has 2 rings (SSSR count). The van der Waals surface area contributed by atoms with Crippen LogP contribution in [-0.4, -0.2) is 74.5 Å². The number of morpholine rings is 1. The van der Waals surface area contributed by atoms with Gasteiger partial charge in [0, 0.05) is 26.2 Å². The van der Waals surface area contributed by atoms with Crippen LogP contribution in [0.4, 0.5) is 0 Å². The fourth-order valence-corrected chi connectivity index (χ4v) is 3.34. The lowest BCUT2D eigenvalue weighted by Gasteiger charge is -2.34. The monoisotopic (exact) mass is 356 g/mol. The first kappa shape index (κ1) is 18.4. The Balaban J connectivity index is 2.21. The maximum absolute atomic E-state index is 12.6. The summed E-state index contributed by atoms with van der Waals surface area (Å²) < 4.78 is 30.4. The summed E-state index contributed by atoms with van der Waals surface area (Å²) in [6, 6.07) is 5.08. The predicted octanol–water partition coefficient (Wildman–Crippen LogP) is 0.253. The summed E-state index contributed by atoms with van der Waals surface area (Å²) in [5.74, 6) is -1.34. The molecule has 1 atom stereocenters. The van der Waals surface area contributed by atoms with E-state index < -0.39 is 22.0 Å². The number of rotatable bonds is 5. The van der Waals surface area contributed by atoms with Gasteiger partial charge in [-0.15, -0.1) is 0 Å². The molecule has 1 fully saturated rings. The number of aliphatic carboxylic acids is 1. The first-order chi connectivity index (χ1) is 11.2. The summed E-state index contributed by atoms with van der Waals surface area (Å²) >= 11 is 0. The van der Waals surface area contributed by atoms with E-state index in [1.165, 1.54) is 43.3 Å². The number of carboxylic acid groups (broad SMARTS) is 1. The van der Waals surface area contributed by atoms with Gasteiger partial charge in [0.1, 0.15) is 0 Å². The van der Waals surface area contributed by atoms with Crippen molar-refractivity contribution in [2.24, 2.45) is 0 Å². The SMILES string of the molecule is CN(C)S(=O)(=O)c1ccc(C(=O)N2CCOCC2CC(=O)O)cc1. The summed E-state index contributed by atoms with van der Waals surface area (Å²) in [5, 5.41) is 8.95. The first-order valence-electron chi connectivity index (χ1n) is 7.36. The van der Waals surface area contributed by atoms with Crippen molar-refractivity contribution in [3.63, 3.8) is 0 Å². The third-order valence-corrected chi connectivity index (χ3v) is 5.61. The Morgan fingerprint density at radius 3 is 2.46 bits per heavy atom. The molecule has 9 heteroatoms. The molecule has 1 unspecified atom stereocenters. The number of hydrogen-bond acceptors (Lipinski definition) is 5. The number of ether oxygens (including phenoxy) is 1. The molecule has 1 saturated heterocycles. The third-order valence-electron chi connectivity index (χ3n) is 3.78. The molecule has 1 aliphatic rings. The lowest BCUT2D eigenvalue weighted by molar-refractivity contribution is -0.139. The summed E-state index contributed by atoms with van der Waals surface area (Å²) in [6.45, 7) is 0.814. The lowest BCUT2D eigenvalue weighted by Crippen LogP contribution is -2.49. The molecule has 1 aliphatic heterocycles. The third kappa shape index (κ3) is 3.92. The van der Waals surface area contributed by atoms with Crippen molar-refractivity contribution in [2.45, 2.75) is 17.4 Å². The van der Waals surface area contributed by atoms with Crippen LogP contribution < -0.4 is 0 Å². The normalized spacial score (nSPS) is 18.6. The number of carbonyl (C=O) groups excluding carboxylic acids is 1. The van der Waals surface area contributed by atoms with Crippen molar-refractivity contribution >= 4 is 21.9 Å². The minimum absolute atomic E-state index is 0.0908. The number of carbonyl (C=O) groups is 2. The highest BCUT2D eigenvalue weighted by Gasteiger charge is 2.30. The van der Waals surface area contributed by atoms with Crippen molar-refractivity contribution < 1.29 is 27.9 Å². The van der Waals surface area contributed by atoms with E-state index in [4.69, 9.17) is 9.84 Å². The van der Waals surface area contributed by atoms with Crippen molar-refractivity contribution in [1.29, 1.82) is 0 Å². The minimum Gasteiger partial charge on any atom is -0.481 e. The molecule has 1 amide bonds. The van der Waals surface area contributed by atoms with Crippen molar-refractivity contribution in [1.82, 2.24) is 9.21 Å². The van der Waals surface area contributed by atoms with Gasteiger partial charge in [-0.2, -0.15) is 0 Å². The van der Waals surface area contributed by atoms with Crippen LogP contribution in [0.5, 0.6) is 0 Å². The van der Waals surface area contributed by atoms with Gasteiger partial charge in [0.2, 0.25) is 10.0 Å². The summed E-state index contributed by atoms with van der Waals surface area (Å²) in [5.41, 5.74) is 0.310. The van der Waals surface area contributed by atoms with Gasteiger partial charge >= 0.3 is 5.97 Å². The molecule has 132 valence electrons. The Kier molecular flexibility index (Phi) is 5.58. The highest BCUT2D eigenvalue weighted by Crippen LogP contribution is 2.18. The molecule has 0 saturated carbocycles. The highest BCUT2D eigenvalue weighted by molar-refractivity contribution is 7.89. The second-order valence-corrected chi connectivity index (χ2v) is 7.79. The topological polar surface area (TPSA) is 104 Å². The Hall–Kier alpha value is -1.97. The molecule has 0 aliphatic carbocycles. The van der Waals surface area contributed by atoms with Gasteiger partial charge in [-0.05, 0) is 24.3 Å². The molecule has 0 spiro atoms. The smallest absolute Gasteiger partial charge is 0.305 e. The quantitative estimate of drug-likeness (QED) is 0.811. The fraction of sp³-hybridized carbons (Fsp3) is 0.467. The Morgan fingerprint density at radius 2 is 1.92 bits per heavy atom. The molecular weight excluding hydrogens is 336 g/mol. The molecule has 24 heavy (non-hydrogen) atoms. The van der Waals surface area contributed by atoms with Crippen LogP contribution in [0, 0.1) is 0 Å². The van der Waals surface area contributed by atoms with Gasteiger partial charge in [-0.1, -0.05) is 0 Å². The van der Waals surface area contributed by atoms with Crippen LogP contribution >= 0.6 is 0 Å². The van der Waals surface area contributed by atoms with Crippen LogP contribution in [0.2, 0.25) is 0 Å². The van der Waals surface area contributed by atoms with Gasteiger partial charge in [0.15, 0.2) is 0 Å². The van der Waals surface area contributed by atoms with E-state index in [0.717, 1.165) is 4.31 Å².